The summed E-state index contributed by atoms with van der Waals surface area (Å²) in [6.07, 6.45) is 6.31. The molecule has 4 atom stereocenters. The summed E-state index contributed by atoms with van der Waals surface area (Å²) in [5, 5.41) is 24.3. The van der Waals surface area contributed by atoms with Crippen LogP contribution in [0.3, 0.4) is 0 Å². The summed E-state index contributed by atoms with van der Waals surface area (Å²) < 4.78 is 7.48. The molecule has 4 rings (SSSR count). The first-order valence-electron chi connectivity index (χ1n) is 11.5. The molecular formula is C21H33N7O4. The zero-order valence-corrected chi connectivity index (χ0v) is 18.2. The number of aliphatic hydroxyl groups is 2. The third kappa shape index (κ3) is 4.94. The first-order valence-corrected chi connectivity index (χ1v) is 11.5. The molecule has 0 aromatic carbocycles. The Hall–Kier alpha value is -2.50. The number of primary amides is 1. The highest BCUT2D eigenvalue weighted by atomic mass is 16.6. The van der Waals surface area contributed by atoms with Gasteiger partial charge in [0.2, 0.25) is 11.9 Å². The van der Waals surface area contributed by atoms with Gasteiger partial charge in [0, 0.05) is 13.0 Å². The zero-order chi connectivity index (χ0) is 22.7. The van der Waals surface area contributed by atoms with Crippen LogP contribution in [0.5, 0.6) is 0 Å². The summed E-state index contributed by atoms with van der Waals surface area (Å²) in [5.74, 6) is 0.960. The topological polar surface area (TPSA) is 174 Å². The average molecular weight is 448 g/mol. The van der Waals surface area contributed by atoms with Gasteiger partial charge in [-0.15, -0.1) is 0 Å². The van der Waals surface area contributed by atoms with Crippen molar-refractivity contribution < 1.29 is 19.7 Å². The molecular weight excluding hydrogens is 414 g/mol. The van der Waals surface area contributed by atoms with Crippen LogP contribution in [0.2, 0.25) is 0 Å². The van der Waals surface area contributed by atoms with E-state index in [1.54, 1.807) is 4.57 Å². The molecule has 1 saturated heterocycles. The zero-order valence-electron chi connectivity index (χ0n) is 18.2. The molecule has 1 aliphatic carbocycles. The SMILES string of the molecule is NC(=O)CCC[C@H]1O[C@@H](n2cnc3c(N)nc(NCCC4CCCCC4)nc32)C(O)C1O. The van der Waals surface area contributed by atoms with Gasteiger partial charge in [-0.05, 0) is 25.2 Å². The fourth-order valence-corrected chi connectivity index (χ4v) is 4.74. The molecule has 0 spiro atoms. The van der Waals surface area contributed by atoms with Gasteiger partial charge >= 0.3 is 0 Å². The Kier molecular flexibility index (Phi) is 7.07. The van der Waals surface area contributed by atoms with E-state index in [0.29, 0.717) is 30.0 Å². The van der Waals surface area contributed by atoms with E-state index in [-0.39, 0.29) is 12.2 Å². The number of nitrogen functional groups attached to an aromatic ring is 1. The third-order valence-electron chi connectivity index (χ3n) is 6.53. The summed E-state index contributed by atoms with van der Waals surface area (Å²) in [4.78, 5) is 24.1. The van der Waals surface area contributed by atoms with Gasteiger partial charge in [0.05, 0.1) is 12.4 Å². The Morgan fingerprint density at radius 3 is 2.72 bits per heavy atom. The molecule has 11 heteroatoms. The van der Waals surface area contributed by atoms with Crippen molar-refractivity contribution in [3.05, 3.63) is 6.33 Å². The monoisotopic (exact) mass is 447 g/mol. The van der Waals surface area contributed by atoms with Crippen LogP contribution in [0.1, 0.15) is 64.0 Å². The first-order chi connectivity index (χ1) is 15.4. The number of amides is 1. The minimum atomic E-state index is -1.18. The van der Waals surface area contributed by atoms with E-state index in [9.17, 15) is 15.0 Å². The molecule has 1 aliphatic heterocycles. The number of rotatable bonds is 9. The van der Waals surface area contributed by atoms with Gasteiger partial charge in [0.25, 0.3) is 0 Å². The summed E-state index contributed by atoms with van der Waals surface area (Å²) in [6.45, 7) is 0.757. The second kappa shape index (κ2) is 9.97. The van der Waals surface area contributed by atoms with Crippen molar-refractivity contribution in [3.63, 3.8) is 0 Å². The van der Waals surface area contributed by atoms with E-state index >= 15 is 0 Å². The number of hydrogen-bond acceptors (Lipinski definition) is 9. The number of carbonyl (C=O) groups is 1. The number of hydrogen-bond donors (Lipinski definition) is 5. The molecule has 1 saturated carbocycles. The molecule has 2 aliphatic rings. The summed E-state index contributed by atoms with van der Waals surface area (Å²) in [7, 11) is 0. The number of ether oxygens (including phenoxy) is 1. The lowest BCUT2D eigenvalue weighted by atomic mass is 9.87. The second-order valence-electron chi connectivity index (χ2n) is 8.88. The maximum atomic E-state index is 11.0. The van der Waals surface area contributed by atoms with Gasteiger partial charge in [-0.1, -0.05) is 32.1 Å². The van der Waals surface area contributed by atoms with E-state index < -0.39 is 30.4 Å². The molecule has 2 unspecified atom stereocenters. The van der Waals surface area contributed by atoms with Crippen LogP contribution < -0.4 is 16.8 Å². The van der Waals surface area contributed by atoms with Crippen LogP contribution in [0, 0.1) is 5.92 Å². The standard InChI is InChI=1S/C21H33N7O4/c22-14(29)8-4-7-13-16(30)17(31)20(32-13)28-11-25-15-18(23)26-21(27-19(15)28)24-10-9-12-5-2-1-3-6-12/h11-13,16-17,20,30-31H,1-10H2,(H2,22,29)(H3,23,24,26,27)/t13-,16?,17?,20-/m1/s1. The van der Waals surface area contributed by atoms with E-state index in [2.05, 4.69) is 20.3 Å². The predicted octanol–water partition coefficient (Wildman–Crippen LogP) is 1.07. The Balaban J connectivity index is 1.46. The number of nitrogens with one attached hydrogen (secondary N) is 1. The lowest BCUT2D eigenvalue weighted by Gasteiger charge is -2.21. The summed E-state index contributed by atoms with van der Waals surface area (Å²) >= 11 is 0. The number of fused-ring (bicyclic) bond motifs is 1. The third-order valence-corrected chi connectivity index (χ3v) is 6.53. The highest BCUT2D eigenvalue weighted by molar-refractivity contribution is 5.83. The van der Waals surface area contributed by atoms with Gasteiger partial charge in [-0.2, -0.15) is 9.97 Å². The molecule has 7 N–H and O–H groups in total. The van der Waals surface area contributed by atoms with Crippen molar-refractivity contribution in [1.82, 2.24) is 19.5 Å². The number of carbonyl (C=O) groups excluding carboxylic acids is 1. The van der Waals surface area contributed by atoms with Crippen LogP contribution in [0.25, 0.3) is 11.2 Å². The highest BCUT2D eigenvalue weighted by Crippen LogP contribution is 2.34. The molecule has 2 fully saturated rings. The van der Waals surface area contributed by atoms with Crippen molar-refractivity contribution in [2.24, 2.45) is 11.7 Å². The van der Waals surface area contributed by atoms with Gasteiger partial charge < -0.3 is 31.7 Å². The minimum absolute atomic E-state index is 0.195. The van der Waals surface area contributed by atoms with E-state index in [1.165, 1.54) is 38.4 Å². The molecule has 0 bridgehead atoms. The lowest BCUT2D eigenvalue weighted by Crippen LogP contribution is -2.31. The second-order valence-corrected chi connectivity index (χ2v) is 8.88. The molecule has 0 radical (unpaired) electrons. The Labute approximate surface area is 186 Å². The smallest absolute Gasteiger partial charge is 0.226 e. The Morgan fingerprint density at radius 2 is 1.97 bits per heavy atom. The van der Waals surface area contributed by atoms with Crippen LogP contribution in [0.15, 0.2) is 6.33 Å². The Bertz CT molecular complexity index is 930. The molecule has 11 nitrogen and oxygen atoms in total. The van der Waals surface area contributed by atoms with Crippen molar-refractivity contribution in [3.8, 4) is 0 Å². The number of anilines is 2. The summed E-state index contributed by atoms with van der Waals surface area (Å²) in [6, 6.07) is 0. The van der Waals surface area contributed by atoms with Crippen molar-refractivity contribution >= 4 is 28.8 Å². The molecule has 2 aromatic rings. The van der Waals surface area contributed by atoms with Gasteiger partial charge in [-0.3, -0.25) is 9.36 Å². The maximum Gasteiger partial charge on any atom is 0.226 e. The highest BCUT2D eigenvalue weighted by Gasteiger charge is 2.44. The minimum Gasteiger partial charge on any atom is -0.388 e. The number of aromatic nitrogens is 4. The van der Waals surface area contributed by atoms with Gasteiger partial charge in [0.1, 0.15) is 17.7 Å². The normalized spacial score (nSPS) is 26.6. The summed E-state index contributed by atoms with van der Waals surface area (Å²) in [5.41, 5.74) is 12.1. The molecule has 1 amide bonds. The van der Waals surface area contributed by atoms with E-state index in [4.69, 9.17) is 16.2 Å². The van der Waals surface area contributed by atoms with Gasteiger partial charge in [-0.25, -0.2) is 4.98 Å². The van der Waals surface area contributed by atoms with E-state index in [0.717, 1.165) is 18.9 Å². The van der Waals surface area contributed by atoms with Crippen LogP contribution in [-0.4, -0.2) is 60.5 Å². The number of nitrogens with two attached hydrogens (primary N) is 2. The van der Waals surface area contributed by atoms with Crippen molar-refractivity contribution in [2.45, 2.75) is 82.3 Å². The van der Waals surface area contributed by atoms with Gasteiger partial charge in [0.15, 0.2) is 17.7 Å². The molecule has 3 heterocycles. The molecule has 2 aromatic heterocycles. The largest absolute Gasteiger partial charge is 0.388 e. The van der Waals surface area contributed by atoms with Crippen molar-refractivity contribution in [2.75, 3.05) is 17.6 Å². The predicted molar refractivity (Wildman–Crippen MR) is 118 cm³/mol. The van der Waals surface area contributed by atoms with Crippen LogP contribution >= 0.6 is 0 Å². The maximum absolute atomic E-state index is 11.0. The molecule has 32 heavy (non-hydrogen) atoms. The fourth-order valence-electron chi connectivity index (χ4n) is 4.74. The van der Waals surface area contributed by atoms with Crippen LogP contribution in [-0.2, 0) is 9.53 Å². The van der Waals surface area contributed by atoms with Crippen molar-refractivity contribution in [1.29, 1.82) is 0 Å². The Morgan fingerprint density at radius 1 is 1.19 bits per heavy atom. The fraction of sp³-hybridized carbons (Fsp3) is 0.714. The number of imidazole rings is 1. The van der Waals surface area contributed by atoms with E-state index in [1.807, 2.05) is 0 Å². The number of aliphatic hydroxyl groups excluding tert-OH is 2. The van der Waals surface area contributed by atoms with Crippen LogP contribution in [0.4, 0.5) is 11.8 Å². The quantitative estimate of drug-likeness (QED) is 0.376. The first kappa shape index (κ1) is 22.7. The number of nitrogens with zero attached hydrogens (tertiary/aromatic N) is 4. The lowest BCUT2D eigenvalue weighted by molar-refractivity contribution is -0.118. The molecule has 176 valence electrons. The average Bonchev–Trinajstić information content (AvgIpc) is 3.31.